The number of carbonyl (C=O) groups is 1. The van der Waals surface area contributed by atoms with E-state index in [0.29, 0.717) is 6.42 Å². The highest BCUT2D eigenvalue weighted by Gasteiger charge is 2.06. The van der Waals surface area contributed by atoms with E-state index >= 15 is 0 Å². The van der Waals surface area contributed by atoms with E-state index in [0.717, 1.165) is 18.8 Å². The Morgan fingerprint density at radius 1 is 1.13 bits per heavy atom. The van der Waals surface area contributed by atoms with Crippen LogP contribution in [0.2, 0.25) is 0 Å². The molecule has 0 aliphatic carbocycles. The van der Waals surface area contributed by atoms with Gasteiger partial charge in [-0.05, 0) is 32.1 Å². The largest absolute Gasteiger partial charge is 0.300 e. The summed E-state index contributed by atoms with van der Waals surface area (Å²) in [4.78, 5) is 10.8. The molecule has 0 aliphatic rings. The van der Waals surface area contributed by atoms with Crippen LogP contribution in [0.5, 0.6) is 0 Å². The third-order valence-electron chi connectivity index (χ3n) is 3.01. The molecule has 0 saturated heterocycles. The van der Waals surface area contributed by atoms with Crippen LogP contribution in [0.3, 0.4) is 0 Å². The smallest absolute Gasteiger partial charge is 0.130 e. The second-order valence-electron chi connectivity index (χ2n) is 4.55. The first-order valence-corrected chi connectivity index (χ1v) is 6.26. The van der Waals surface area contributed by atoms with Crippen molar-refractivity contribution in [2.75, 3.05) is 0 Å². The minimum absolute atomic E-state index is 0.275. The Labute approximate surface area is 95.0 Å². The van der Waals surface area contributed by atoms with Gasteiger partial charge in [-0.3, -0.25) is 0 Å². The lowest BCUT2D eigenvalue weighted by Crippen LogP contribution is -1.99. The summed E-state index contributed by atoms with van der Waals surface area (Å²) in [6, 6.07) is 0. The first kappa shape index (κ1) is 14.4. The fourth-order valence-corrected chi connectivity index (χ4v) is 1.85. The molecule has 15 heavy (non-hydrogen) atoms. The van der Waals surface area contributed by atoms with E-state index in [4.69, 9.17) is 0 Å². The maximum atomic E-state index is 10.8. The SMILES string of the molecule is C=C(CCC(C)=O)CCC(CC)CCC. The maximum Gasteiger partial charge on any atom is 0.130 e. The van der Waals surface area contributed by atoms with Crippen LogP contribution in [0.15, 0.2) is 12.2 Å². The van der Waals surface area contributed by atoms with E-state index < -0.39 is 0 Å². The van der Waals surface area contributed by atoms with Gasteiger partial charge in [-0.2, -0.15) is 0 Å². The van der Waals surface area contributed by atoms with Crippen LogP contribution < -0.4 is 0 Å². The van der Waals surface area contributed by atoms with E-state index in [9.17, 15) is 4.79 Å². The summed E-state index contributed by atoms with van der Waals surface area (Å²) < 4.78 is 0. The van der Waals surface area contributed by atoms with Gasteiger partial charge in [-0.1, -0.05) is 45.3 Å². The first-order chi connectivity index (χ1) is 7.10. The molecule has 0 heterocycles. The quantitative estimate of drug-likeness (QED) is 0.511. The molecular formula is C14H26O. The van der Waals surface area contributed by atoms with E-state index in [2.05, 4.69) is 20.4 Å². The van der Waals surface area contributed by atoms with Gasteiger partial charge < -0.3 is 4.79 Å². The van der Waals surface area contributed by atoms with Crippen molar-refractivity contribution in [3.63, 3.8) is 0 Å². The predicted molar refractivity (Wildman–Crippen MR) is 67.0 cm³/mol. The van der Waals surface area contributed by atoms with Crippen LogP contribution in [-0.2, 0) is 4.79 Å². The molecule has 0 rings (SSSR count). The molecule has 0 radical (unpaired) electrons. The van der Waals surface area contributed by atoms with Crippen LogP contribution in [0, 0.1) is 5.92 Å². The summed E-state index contributed by atoms with van der Waals surface area (Å²) in [6.07, 6.45) is 7.79. The van der Waals surface area contributed by atoms with Gasteiger partial charge in [0.15, 0.2) is 0 Å². The Morgan fingerprint density at radius 2 is 1.80 bits per heavy atom. The normalized spacial score (nSPS) is 12.5. The van der Waals surface area contributed by atoms with Crippen molar-refractivity contribution in [3.8, 4) is 0 Å². The van der Waals surface area contributed by atoms with Crippen molar-refractivity contribution in [3.05, 3.63) is 12.2 Å². The molecule has 0 aromatic heterocycles. The minimum atomic E-state index is 0.275. The van der Waals surface area contributed by atoms with Crippen molar-refractivity contribution in [1.82, 2.24) is 0 Å². The number of rotatable bonds is 9. The number of Topliss-reactive ketones (excluding diaryl/α,β-unsaturated/α-hetero) is 1. The molecule has 0 aromatic carbocycles. The molecule has 1 unspecified atom stereocenters. The summed E-state index contributed by atoms with van der Waals surface area (Å²) in [6.45, 7) is 10.2. The molecule has 0 aliphatic heterocycles. The number of allylic oxidation sites excluding steroid dienone is 1. The summed E-state index contributed by atoms with van der Waals surface area (Å²) in [5.41, 5.74) is 1.25. The molecule has 0 aromatic rings. The molecule has 0 amide bonds. The van der Waals surface area contributed by atoms with Crippen LogP contribution in [0.25, 0.3) is 0 Å². The zero-order chi connectivity index (χ0) is 11.7. The standard InChI is InChI=1S/C14H26O/c1-5-7-14(6-2)11-9-12(3)8-10-13(4)15/h14H,3,5-11H2,1-2,4H3. The Balaban J connectivity index is 3.63. The molecule has 0 bridgehead atoms. The highest BCUT2D eigenvalue weighted by molar-refractivity contribution is 5.75. The number of carbonyl (C=O) groups excluding carboxylic acids is 1. The lowest BCUT2D eigenvalue weighted by atomic mass is 9.92. The van der Waals surface area contributed by atoms with E-state index in [1.807, 2.05) is 0 Å². The summed E-state index contributed by atoms with van der Waals surface area (Å²) in [5, 5.41) is 0. The minimum Gasteiger partial charge on any atom is -0.300 e. The lowest BCUT2D eigenvalue weighted by molar-refractivity contribution is -0.116. The molecule has 0 saturated carbocycles. The summed E-state index contributed by atoms with van der Waals surface area (Å²) in [7, 11) is 0. The van der Waals surface area contributed by atoms with E-state index in [-0.39, 0.29) is 5.78 Å². The third-order valence-corrected chi connectivity index (χ3v) is 3.01. The number of ketones is 1. The fraction of sp³-hybridized carbons (Fsp3) is 0.786. The zero-order valence-electron chi connectivity index (χ0n) is 10.6. The van der Waals surface area contributed by atoms with Crippen LogP contribution in [0.1, 0.15) is 65.7 Å². The second kappa shape index (κ2) is 8.70. The van der Waals surface area contributed by atoms with E-state index in [1.54, 1.807) is 6.92 Å². The van der Waals surface area contributed by atoms with Gasteiger partial charge in [0.25, 0.3) is 0 Å². The molecule has 1 nitrogen and oxygen atoms in total. The van der Waals surface area contributed by atoms with Gasteiger partial charge >= 0.3 is 0 Å². The first-order valence-electron chi connectivity index (χ1n) is 6.26. The van der Waals surface area contributed by atoms with Crippen LogP contribution in [0.4, 0.5) is 0 Å². The Kier molecular flexibility index (Phi) is 8.35. The molecule has 1 heteroatoms. The van der Waals surface area contributed by atoms with Crippen molar-refractivity contribution < 1.29 is 4.79 Å². The van der Waals surface area contributed by atoms with E-state index in [1.165, 1.54) is 31.3 Å². The predicted octanol–water partition coefficient (Wildman–Crippen LogP) is 4.52. The van der Waals surface area contributed by atoms with Gasteiger partial charge in [0.2, 0.25) is 0 Å². The lowest BCUT2D eigenvalue weighted by Gasteiger charge is -2.14. The van der Waals surface area contributed by atoms with Gasteiger partial charge in [0.05, 0.1) is 0 Å². The fourth-order valence-electron chi connectivity index (χ4n) is 1.85. The second-order valence-corrected chi connectivity index (χ2v) is 4.55. The van der Waals surface area contributed by atoms with Gasteiger partial charge in [0.1, 0.15) is 5.78 Å². The topological polar surface area (TPSA) is 17.1 Å². The maximum absolute atomic E-state index is 10.8. The monoisotopic (exact) mass is 210 g/mol. The zero-order valence-corrected chi connectivity index (χ0v) is 10.6. The highest BCUT2D eigenvalue weighted by atomic mass is 16.1. The van der Waals surface area contributed by atoms with Gasteiger partial charge in [-0.25, -0.2) is 0 Å². The molecule has 1 atom stereocenters. The van der Waals surface area contributed by atoms with Crippen LogP contribution in [-0.4, -0.2) is 5.78 Å². The Hall–Kier alpha value is -0.590. The van der Waals surface area contributed by atoms with Crippen molar-refractivity contribution >= 4 is 5.78 Å². The van der Waals surface area contributed by atoms with Gasteiger partial charge in [0, 0.05) is 6.42 Å². The molecule has 0 spiro atoms. The molecule has 0 fully saturated rings. The number of hydrogen-bond acceptors (Lipinski definition) is 1. The third kappa shape index (κ3) is 8.41. The molecule has 0 N–H and O–H groups in total. The highest BCUT2D eigenvalue weighted by Crippen LogP contribution is 2.21. The Morgan fingerprint density at radius 3 is 2.27 bits per heavy atom. The average molecular weight is 210 g/mol. The number of hydrogen-bond donors (Lipinski definition) is 0. The van der Waals surface area contributed by atoms with Crippen molar-refractivity contribution in [2.45, 2.75) is 65.7 Å². The summed E-state index contributed by atoms with van der Waals surface area (Å²) in [5.74, 6) is 1.13. The summed E-state index contributed by atoms with van der Waals surface area (Å²) >= 11 is 0. The molecular weight excluding hydrogens is 184 g/mol. The van der Waals surface area contributed by atoms with Gasteiger partial charge in [-0.15, -0.1) is 0 Å². The van der Waals surface area contributed by atoms with Crippen LogP contribution >= 0.6 is 0 Å². The Bertz CT molecular complexity index is 194. The van der Waals surface area contributed by atoms with Crippen molar-refractivity contribution in [2.24, 2.45) is 5.92 Å². The average Bonchev–Trinajstić information content (AvgIpc) is 2.21. The molecule has 88 valence electrons. The van der Waals surface area contributed by atoms with Crippen molar-refractivity contribution in [1.29, 1.82) is 0 Å².